The highest BCUT2D eigenvalue weighted by Crippen LogP contribution is 2.28. The Bertz CT molecular complexity index is 853. The normalized spacial score (nSPS) is 11.5. The van der Waals surface area contributed by atoms with Gasteiger partial charge in [0.05, 0.1) is 18.9 Å². The van der Waals surface area contributed by atoms with E-state index in [1.165, 1.54) is 7.11 Å². The summed E-state index contributed by atoms with van der Waals surface area (Å²) in [7, 11) is 1.51. The molecule has 168 valence electrons. The standard InChI is InChI=1S/C25H33NO5/c1-6-7-12-29-24-15-19(2)25(20(3)16-24)30-14-9-13-28-22-10-8-11-23(17-22)31-18-21(4)26-27-5/h6-8,10-11,15-17H,9,12-14,18H2,1-5H3/b7-6+,26-21+. The van der Waals surface area contributed by atoms with Crippen LogP contribution in [0.1, 0.15) is 31.4 Å². The van der Waals surface area contributed by atoms with Crippen molar-refractivity contribution in [1.82, 2.24) is 0 Å². The van der Waals surface area contributed by atoms with E-state index in [1.54, 1.807) is 0 Å². The highest BCUT2D eigenvalue weighted by molar-refractivity contribution is 5.82. The smallest absolute Gasteiger partial charge is 0.129 e. The van der Waals surface area contributed by atoms with Crippen LogP contribution in [0.5, 0.6) is 23.0 Å². The highest BCUT2D eigenvalue weighted by Gasteiger charge is 2.07. The van der Waals surface area contributed by atoms with Gasteiger partial charge in [0.15, 0.2) is 0 Å². The van der Waals surface area contributed by atoms with Crippen molar-refractivity contribution in [3.05, 3.63) is 59.7 Å². The van der Waals surface area contributed by atoms with Crippen LogP contribution < -0.4 is 18.9 Å². The average molecular weight is 428 g/mol. The maximum absolute atomic E-state index is 6.00. The number of benzene rings is 2. The molecule has 0 saturated heterocycles. The topological polar surface area (TPSA) is 58.5 Å². The summed E-state index contributed by atoms with van der Waals surface area (Å²) in [6, 6.07) is 11.6. The summed E-state index contributed by atoms with van der Waals surface area (Å²) in [5.74, 6) is 3.24. The van der Waals surface area contributed by atoms with Gasteiger partial charge in [0.25, 0.3) is 0 Å². The van der Waals surface area contributed by atoms with E-state index in [-0.39, 0.29) is 0 Å². The summed E-state index contributed by atoms with van der Waals surface area (Å²) in [5, 5.41) is 3.83. The molecule has 0 unspecified atom stereocenters. The minimum absolute atomic E-state index is 0.364. The van der Waals surface area contributed by atoms with Gasteiger partial charge in [0.2, 0.25) is 0 Å². The Morgan fingerprint density at radius 3 is 2.26 bits per heavy atom. The summed E-state index contributed by atoms with van der Waals surface area (Å²) < 4.78 is 23.2. The van der Waals surface area contributed by atoms with Gasteiger partial charge in [-0.2, -0.15) is 0 Å². The molecular formula is C25H33NO5. The Balaban J connectivity index is 1.77. The molecule has 6 nitrogen and oxygen atoms in total. The highest BCUT2D eigenvalue weighted by atomic mass is 16.6. The van der Waals surface area contributed by atoms with E-state index in [2.05, 4.69) is 5.16 Å². The summed E-state index contributed by atoms with van der Waals surface area (Å²) in [4.78, 5) is 4.73. The van der Waals surface area contributed by atoms with Gasteiger partial charge in [0.1, 0.15) is 43.3 Å². The first-order valence-electron chi connectivity index (χ1n) is 10.4. The Hall–Kier alpha value is -3.15. The molecule has 0 fully saturated rings. The van der Waals surface area contributed by atoms with E-state index in [0.29, 0.717) is 26.4 Å². The van der Waals surface area contributed by atoms with Crippen LogP contribution in [0.3, 0.4) is 0 Å². The number of oxime groups is 1. The van der Waals surface area contributed by atoms with Crippen LogP contribution in [0, 0.1) is 13.8 Å². The predicted molar refractivity (Wildman–Crippen MR) is 124 cm³/mol. The molecule has 31 heavy (non-hydrogen) atoms. The third-order valence-electron chi connectivity index (χ3n) is 4.32. The Morgan fingerprint density at radius 2 is 1.58 bits per heavy atom. The minimum atomic E-state index is 0.364. The van der Waals surface area contributed by atoms with Crippen molar-refractivity contribution in [2.24, 2.45) is 5.16 Å². The molecule has 0 radical (unpaired) electrons. The van der Waals surface area contributed by atoms with Gasteiger partial charge in [-0.1, -0.05) is 23.4 Å². The van der Waals surface area contributed by atoms with Crippen molar-refractivity contribution < 1.29 is 23.8 Å². The summed E-state index contributed by atoms with van der Waals surface area (Å²) >= 11 is 0. The fourth-order valence-electron chi connectivity index (χ4n) is 2.91. The van der Waals surface area contributed by atoms with Crippen LogP contribution in [-0.2, 0) is 4.84 Å². The second-order valence-electron chi connectivity index (χ2n) is 7.09. The molecule has 2 aromatic carbocycles. The van der Waals surface area contributed by atoms with E-state index in [9.17, 15) is 0 Å². The number of hydrogen-bond acceptors (Lipinski definition) is 6. The quantitative estimate of drug-likeness (QED) is 0.183. The predicted octanol–water partition coefficient (Wildman–Crippen LogP) is 5.51. The zero-order chi connectivity index (χ0) is 22.5. The van der Waals surface area contributed by atoms with Gasteiger partial charge in [-0.3, -0.25) is 0 Å². The van der Waals surface area contributed by atoms with E-state index < -0.39 is 0 Å². The first-order valence-corrected chi connectivity index (χ1v) is 10.4. The molecule has 0 amide bonds. The van der Waals surface area contributed by atoms with Gasteiger partial charge in [-0.25, -0.2) is 0 Å². The molecule has 0 N–H and O–H groups in total. The fourth-order valence-corrected chi connectivity index (χ4v) is 2.91. The maximum Gasteiger partial charge on any atom is 0.129 e. The molecule has 0 aromatic heterocycles. The van der Waals surface area contributed by atoms with Crippen LogP contribution in [0.2, 0.25) is 0 Å². The van der Waals surface area contributed by atoms with Crippen molar-refractivity contribution in [1.29, 1.82) is 0 Å². The zero-order valence-corrected chi connectivity index (χ0v) is 19.1. The number of ether oxygens (including phenoxy) is 4. The van der Waals surface area contributed by atoms with Crippen molar-refractivity contribution in [3.8, 4) is 23.0 Å². The lowest BCUT2D eigenvalue weighted by molar-refractivity contribution is 0.209. The van der Waals surface area contributed by atoms with E-state index in [4.69, 9.17) is 23.8 Å². The van der Waals surface area contributed by atoms with Crippen LogP contribution in [0.4, 0.5) is 0 Å². The average Bonchev–Trinajstić information content (AvgIpc) is 2.74. The molecule has 0 bridgehead atoms. The Kier molecular flexibility index (Phi) is 10.3. The second kappa shape index (κ2) is 13.2. The lowest BCUT2D eigenvalue weighted by Crippen LogP contribution is -2.08. The summed E-state index contributed by atoms with van der Waals surface area (Å²) in [5.41, 5.74) is 2.89. The number of rotatable bonds is 13. The first-order chi connectivity index (χ1) is 15.0. The molecule has 0 spiro atoms. The molecule has 0 heterocycles. The molecule has 0 aliphatic carbocycles. The number of aryl methyl sites for hydroxylation is 2. The summed E-state index contributed by atoms with van der Waals surface area (Å²) in [6.07, 6.45) is 4.72. The van der Waals surface area contributed by atoms with E-state index >= 15 is 0 Å². The third kappa shape index (κ3) is 8.62. The van der Waals surface area contributed by atoms with Crippen molar-refractivity contribution in [2.45, 2.75) is 34.1 Å². The second-order valence-corrected chi connectivity index (χ2v) is 7.09. The van der Waals surface area contributed by atoms with Gasteiger partial charge in [-0.15, -0.1) is 0 Å². The first kappa shape index (κ1) is 24.1. The lowest BCUT2D eigenvalue weighted by atomic mass is 10.1. The van der Waals surface area contributed by atoms with Gasteiger partial charge < -0.3 is 23.8 Å². The van der Waals surface area contributed by atoms with Crippen molar-refractivity contribution in [2.75, 3.05) is 33.5 Å². The maximum atomic E-state index is 6.00. The number of hydrogen-bond donors (Lipinski definition) is 0. The molecule has 2 aromatic rings. The minimum Gasteiger partial charge on any atom is -0.493 e. The van der Waals surface area contributed by atoms with Gasteiger partial charge in [0, 0.05) is 12.5 Å². The molecule has 0 atom stereocenters. The van der Waals surface area contributed by atoms with Crippen molar-refractivity contribution >= 4 is 5.71 Å². The number of allylic oxidation sites excluding steroid dienone is 1. The van der Waals surface area contributed by atoms with Gasteiger partial charge in [-0.05, 0) is 63.1 Å². The largest absolute Gasteiger partial charge is 0.493 e. The third-order valence-corrected chi connectivity index (χ3v) is 4.32. The molecule has 0 saturated carbocycles. The fraction of sp³-hybridized carbons (Fsp3) is 0.400. The van der Waals surface area contributed by atoms with Crippen LogP contribution in [0.25, 0.3) is 0 Å². The molecule has 6 heteroatoms. The molecular weight excluding hydrogens is 394 g/mol. The molecule has 0 aliphatic heterocycles. The SMILES string of the molecule is C/C=C/COc1cc(C)c(OCCCOc2cccc(OC/C(C)=N/OC)c2)c(C)c1. The Labute approximate surface area is 185 Å². The lowest BCUT2D eigenvalue weighted by Gasteiger charge is -2.15. The van der Waals surface area contributed by atoms with Crippen molar-refractivity contribution in [3.63, 3.8) is 0 Å². The van der Waals surface area contributed by atoms with Crippen LogP contribution in [0.15, 0.2) is 53.7 Å². The molecule has 2 rings (SSSR count). The van der Waals surface area contributed by atoms with Crippen LogP contribution in [-0.4, -0.2) is 39.2 Å². The monoisotopic (exact) mass is 427 g/mol. The number of nitrogens with zero attached hydrogens (tertiary/aromatic N) is 1. The van der Waals surface area contributed by atoms with E-state index in [0.717, 1.165) is 46.3 Å². The van der Waals surface area contributed by atoms with Gasteiger partial charge >= 0.3 is 0 Å². The zero-order valence-electron chi connectivity index (χ0n) is 19.1. The van der Waals surface area contributed by atoms with E-state index in [1.807, 2.05) is 76.2 Å². The Morgan fingerprint density at radius 1 is 0.903 bits per heavy atom. The molecule has 0 aliphatic rings. The summed E-state index contributed by atoms with van der Waals surface area (Å²) in [6.45, 7) is 9.95. The van der Waals surface area contributed by atoms with Crippen LogP contribution >= 0.6 is 0 Å².